The Balaban J connectivity index is 2.09. The second-order valence-corrected chi connectivity index (χ2v) is 6.91. The third kappa shape index (κ3) is 3.08. The first-order chi connectivity index (χ1) is 7.81. The Bertz CT molecular complexity index is 317. The fourth-order valence-corrected chi connectivity index (χ4v) is 3.94. The van der Waals surface area contributed by atoms with Crippen LogP contribution >= 0.6 is 27.3 Å². The van der Waals surface area contributed by atoms with Gasteiger partial charge in [-0.05, 0) is 58.2 Å². The number of thiophene rings is 1. The van der Waals surface area contributed by atoms with Crippen molar-refractivity contribution in [1.29, 1.82) is 0 Å². The topological polar surface area (TPSA) is 12.0 Å². The summed E-state index contributed by atoms with van der Waals surface area (Å²) in [6.07, 6.45) is 7.05. The Hall–Kier alpha value is 0.140. The minimum atomic E-state index is 0.577. The van der Waals surface area contributed by atoms with Gasteiger partial charge in [-0.3, -0.25) is 0 Å². The summed E-state index contributed by atoms with van der Waals surface area (Å²) in [4.78, 5) is 0. The van der Waals surface area contributed by atoms with Gasteiger partial charge in [0.2, 0.25) is 0 Å². The van der Waals surface area contributed by atoms with E-state index >= 15 is 0 Å². The van der Waals surface area contributed by atoms with Gasteiger partial charge in [0.1, 0.15) is 0 Å². The average Bonchev–Trinajstić information content (AvgIpc) is 2.74. The van der Waals surface area contributed by atoms with Crippen LogP contribution in [0.5, 0.6) is 0 Å². The molecule has 0 aromatic carbocycles. The third-order valence-electron chi connectivity index (χ3n) is 3.49. The van der Waals surface area contributed by atoms with E-state index in [2.05, 4.69) is 39.6 Å². The van der Waals surface area contributed by atoms with E-state index in [1.807, 2.05) is 0 Å². The Morgan fingerprint density at radius 1 is 1.44 bits per heavy atom. The van der Waals surface area contributed by atoms with Crippen LogP contribution in [0.1, 0.15) is 50.6 Å². The molecule has 1 aliphatic carbocycles. The van der Waals surface area contributed by atoms with Crippen LogP contribution in [0.3, 0.4) is 0 Å². The van der Waals surface area contributed by atoms with E-state index in [0.717, 1.165) is 12.5 Å². The predicted octanol–water partition coefficient (Wildman–Crippen LogP) is 4.74. The molecular formula is C13H20BrNS. The maximum Gasteiger partial charge on any atom is 0.0701 e. The molecule has 1 fully saturated rings. The van der Waals surface area contributed by atoms with Crippen LogP contribution in [-0.2, 0) is 0 Å². The van der Waals surface area contributed by atoms with E-state index in [4.69, 9.17) is 0 Å². The molecule has 0 radical (unpaired) electrons. The largest absolute Gasteiger partial charge is 0.310 e. The molecule has 1 aromatic heterocycles. The van der Waals surface area contributed by atoms with Gasteiger partial charge >= 0.3 is 0 Å². The van der Waals surface area contributed by atoms with Crippen molar-refractivity contribution >= 4 is 27.3 Å². The fraction of sp³-hybridized carbons (Fsp3) is 0.692. The zero-order valence-corrected chi connectivity index (χ0v) is 12.2. The van der Waals surface area contributed by atoms with Crippen LogP contribution in [0.15, 0.2) is 15.2 Å². The summed E-state index contributed by atoms with van der Waals surface area (Å²) in [6.45, 7) is 3.27. The molecule has 1 atom stereocenters. The molecule has 0 spiro atoms. The van der Waals surface area contributed by atoms with E-state index in [1.54, 1.807) is 11.3 Å². The molecule has 16 heavy (non-hydrogen) atoms. The van der Waals surface area contributed by atoms with Crippen molar-refractivity contribution in [3.63, 3.8) is 0 Å². The molecule has 0 aliphatic heterocycles. The zero-order valence-electron chi connectivity index (χ0n) is 9.84. The standard InChI is InChI=1S/C13H20BrNS/c1-2-15-13(10-6-4-3-5-7-10)11-8-12(14)16-9-11/h8-10,13,15H,2-7H2,1H3. The van der Waals surface area contributed by atoms with Crippen molar-refractivity contribution in [2.45, 2.75) is 45.1 Å². The molecule has 1 N–H and O–H groups in total. The van der Waals surface area contributed by atoms with Crippen molar-refractivity contribution < 1.29 is 0 Å². The molecule has 2 rings (SSSR count). The van der Waals surface area contributed by atoms with E-state index < -0.39 is 0 Å². The molecule has 1 unspecified atom stereocenters. The van der Waals surface area contributed by atoms with E-state index in [1.165, 1.54) is 41.5 Å². The van der Waals surface area contributed by atoms with Crippen molar-refractivity contribution in [2.75, 3.05) is 6.54 Å². The zero-order chi connectivity index (χ0) is 11.4. The molecule has 1 nitrogen and oxygen atoms in total. The lowest BCUT2D eigenvalue weighted by Crippen LogP contribution is -2.29. The number of hydrogen-bond acceptors (Lipinski definition) is 2. The third-order valence-corrected chi connectivity index (χ3v) is 5.01. The second kappa shape index (κ2) is 6.18. The summed E-state index contributed by atoms with van der Waals surface area (Å²) in [5.41, 5.74) is 1.48. The van der Waals surface area contributed by atoms with Crippen molar-refractivity contribution in [2.24, 2.45) is 5.92 Å². The first-order valence-electron chi connectivity index (χ1n) is 6.28. The van der Waals surface area contributed by atoms with Gasteiger partial charge in [0.25, 0.3) is 0 Å². The summed E-state index contributed by atoms with van der Waals surface area (Å²) in [5.74, 6) is 0.843. The molecule has 0 bridgehead atoms. The molecule has 90 valence electrons. The molecule has 1 heterocycles. The van der Waals surface area contributed by atoms with Gasteiger partial charge in [-0.1, -0.05) is 26.2 Å². The number of rotatable bonds is 4. The summed E-state index contributed by atoms with van der Waals surface area (Å²) < 4.78 is 1.25. The van der Waals surface area contributed by atoms with Gasteiger partial charge in [-0.25, -0.2) is 0 Å². The van der Waals surface area contributed by atoms with Crippen molar-refractivity contribution in [3.8, 4) is 0 Å². The van der Waals surface area contributed by atoms with E-state index in [-0.39, 0.29) is 0 Å². The highest BCUT2D eigenvalue weighted by atomic mass is 79.9. The Morgan fingerprint density at radius 3 is 2.75 bits per heavy atom. The SMILES string of the molecule is CCNC(c1csc(Br)c1)C1CCCCC1. The minimum Gasteiger partial charge on any atom is -0.310 e. The van der Waals surface area contributed by atoms with Crippen LogP contribution in [0.2, 0.25) is 0 Å². The van der Waals surface area contributed by atoms with Gasteiger partial charge in [0, 0.05) is 6.04 Å². The average molecular weight is 302 g/mol. The molecule has 3 heteroatoms. The smallest absolute Gasteiger partial charge is 0.0701 e. The summed E-state index contributed by atoms with van der Waals surface area (Å²) >= 11 is 5.37. The number of halogens is 1. The van der Waals surface area contributed by atoms with Crippen LogP contribution < -0.4 is 5.32 Å². The summed E-state index contributed by atoms with van der Waals surface area (Å²) in [6, 6.07) is 2.86. The maximum atomic E-state index is 3.67. The quantitative estimate of drug-likeness (QED) is 0.847. The van der Waals surface area contributed by atoms with E-state index in [0.29, 0.717) is 6.04 Å². The van der Waals surface area contributed by atoms with Gasteiger partial charge in [0.15, 0.2) is 0 Å². The molecule has 1 aliphatic rings. The Morgan fingerprint density at radius 2 is 2.19 bits per heavy atom. The van der Waals surface area contributed by atoms with Crippen LogP contribution in [0.25, 0.3) is 0 Å². The van der Waals surface area contributed by atoms with Gasteiger partial charge in [-0.15, -0.1) is 11.3 Å². The van der Waals surface area contributed by atoms with Crippen LogP contribution in [0.4, 0.5) is 0 Å². The Kier molecular flexibility index (Phi) is 4.86. The van der Waals surface area contributed by atoms with Gasteiger partial charge < -0.3 is 5.32 Å². The highest BCUT2D eigenvalue weighted by molar-refractivity contribution is 9.11. The molecule has 0 saturated heterocycles. The molecule has 0 amide bonds. The highest BCUT2D eigenvalue weighted by Gasteiger charge is 2.24. The number of nitrogens with one attached hydrogen (secondary N) is 1. The summed E-state index contributed by atoms with van der Waals surface area (Å²) in [5, 5.41) is 5.97. The highest BCUT2D eigenvalue weighted by Crippen LogP contribution is 2.36. The van der Waals surface area contributed by atoms with Gasteiger partial charge in [0.05, 0.1) is 3.79 Å². The fourth-order valence-electron chi connectivity index (χ4n) is 2.73. The Labute approximate surface area is 111 Å². The van der Waals surface area contributed by atoms with Crippen molar-refractivity contribution in [1.82, 2.24) is 5.32 Å². The normalized spacial score (nSPS) is 19.9. The first-order valence-corrected chi connectivity index (χ1v) is 7.96. The summed E-state index contributed by atoms with van der Waals surface area (Å²) in [7, 11) is 0. The molecular weight excluding hydrogens is 282 g/mol. The lowest BCUT2D eigenvalue weighted by molar-refractivity contribution is 0.275. The van der Waals surface area contributed by atoms with Crippen LogP contribution in [-0.4, -0.2) is 6.54 Å². The lowest BCUT2D eigenvalue weighted by atomic mass is 9.82. The van der Waals surface area contributed by atoms with E-state index in [9.17, 15) is 0 Å². The lowest BCUT2D eigenvalue weighted by Gasteiger charge is -2.30. The predicted molar refractivity (Wildman–Crippen MR) is 75.0 cm³/mol. The molecule has 1 saturated carbocycles. The number of hydrogen-bond donors (Lipinski definition) is 1. The van der Waals surface area contributed by atoms with Crippen molar-refractivity contribution in [3.05, 3.63) is 20.8 Å². The maximum absolute atomic E-state index is 3.67. The monoisotopic (exact) mass is 301 g/mol. The second-order valence-electron chi connectivity index (χ2n) is 4.62. The van der Waals surface area contributed by atoms with Crippen LogP contribution in [0, 0.1) is 5.92 Å². The molecule has 1 aromatic rings. The van der Waals surface area contributed by atoms with Gasteiger partial charge in [-0.2, -0.15) is 0 Å². The first kappa shape index (κ1) is 12.6. The minimum absolute atomic E-state index is 0.577.